The summed E-state index contributed by atoms with van der Waals surface area (Å²) in [5, 5.41) is 5.57. The third kappa shape index (κ3) is 4.25. The number of carbonyl (C=O) groups is 3. The van der Waals surface area contributed by atoms with E-state index in [1.54, 1.807) is 42.3 Å². The summed E-state index contributed by atoms with van der Waals surface area (Å²) in [7, 11) is 1.56. The molecule has 2 N–H and O–H groups in total. The quantitative estimate of drug-likeness (QED) is 0.876. The van der Waals surface area contributed by atoms with Crippen molar-refractivity contribution in [1.82, 2.24) is 4.90 Å². The molecule has 2 aromatic rings. The molecule has 0 saturated carbocycles. The fourth-order valence-electron chi connectivity index (χ4n) is 3.06. The summed E-state index contributed by atoms with van der Waals surface area (Å²) in [4.78, 5) is 40.3. The molecule has 4 amide bonds. The van der Waals surface area contributed by atoms with Gasteiger partial charge in [0.2, 0.25) is 11.8 Å². The first-order valence-corrected chi connectivity index (χ1v) is 8.74. The number of para-hydroxylation sites is 3. The van der Waals surface area contributed by atoms with E-state index in [-0.39, 0.29) is 36.9 Å². The number of rotatable bonds is 3. The molecule has 3 rings (SSSR count). The second-order valence-electron chi connectivity index (χ2n) is 6.53. The molecule has 1 atom stereocenters. The van der Waals surface area contributed by atoms with E-state index in [4.69, 9.17) is 0 Å². The highest BCUT2D eigenvalue weighted by Gasteiger charge is 2.30. The summed E-state index contributed by atoms with van der Waals surface area (Å²) in [5.41, 5.74) is 1.89. The van der Waals surface area contributed by atoms with Gasteiger partial charge in [0.1, 0.15) is 6.54 Å². The Balaban J connectivity index is 1.74. The highest BCUT2D eigenvalue weighted by atomic mass is 16.2. The highest BCUT2D eigenvalue weighted by molar-refractivity contribution is 6.05. The number of fused-ring (bicyclic) bond motifs is 1. The number of amides is 4. The average Bonchev–Trinajstić information content (AvgIpc) is 2.76. The Kier molecular flexibility index (Phi) is 5.40. The van der Waals surface area contributed by atoms with Crippen LogP contribution in [-0.2, 0) is 9.59 Å². The van der Waals surface area contributed by atoms with E-state index in [0.29, 0.717) is 17.1 Å². The lowest BCUT2D eigenvalue weighted by Crippen LogP contribution is -2.46. The number of hydrogen-bond acceptors (Lipinski definition) is 3. The maximum atomic E-state index is 13.0. The van der Waals surface area contributed by atoms with Crippen LogP contribution < -0.4 is 15.5 Å². The molecular formula is C20H22N4O3. The molecule has 0 radical (unpaired) electrons. The summed E-state index contributed by atoms with van der Waals surface area (Å²) in [5.74, 6) is -0.391. The van der Waals surface area contributed by atoms with Crippen molar-refractivity contribution >= 4 is 34.9 Å². The Morgan fingerprint density at radius 1 is 1.15 bits per heavy atom. The van der Waals surface area contributed by atoms with Crippen LogP contribution in [-0.4, -0.2) is 42.4 Å². The zero-order chi connectivity index (χ0) is 19.4. The summed E-state index contributed by atoms with van der Waals surface area (Å²) < 4.78 is 0. The summed E-state index contributed by atoms with van der Waals surface area (Å²) >= 11 is 0. The maximum Gasteiger partial charge on any atom is 0.322 e. The number of anilines is 3. The fourth-order valence-corrected chi connectivity index (χ4v) is 3.06. The van der Waals surface area contributed by atoms with Crippen molar-refractivity contribution in [3.05, 3.63) is 54.6 Å². The smallest absolute Gasteiger partial charge is 0.322 e. The molecule has 7 nitrogen and oxygen atoms in total. The normalized spacial score (nSPS) is 16.0. The minimum atomic E-state index is -0.375. The monoisotopic (exact) mass is 366 g/mol. The van der Waals surface area contributed by atoms with Crippen LogP contribution in [0.5, 0.6) is 0 Å². The van der Waals surface area contributed by atoms with Crippen LogP contribution >= 0.6 is 0 Å². The molecule has 0 bridgehead atoms. The van der Waals surface area contributed by atoms with Crippen LogP contribution in [0.2, 0.25) is 0 Å². The second-order valence-corrected chi connectivity index (χ2v) is 6.53. The van der Waals surface area contributed by atoms with Crippen molar-refractivity contribution in [1.29, 1.82) is 0 Å². The Morgan fingerprint density at radius 3 is 2.56 bits per heavy atom. The zero-order valence-electron chi connectivity index (χ0n) is 15.3. The van der Waals surface area contributed by atoms with Crippen LogP contribution in [0.1, 0.15) is 13.3 Å². The number of benzene rings is 2. The highest BCUT2D eigenvalue weighted by Crippen LogP contribution is 2.31. The number of likely N-dealkylation sites (N-methyl/N-ethyl adjacent to an activating group) is 1. The van der Waals surface area contributed by atoms with Crippen molar-refractivity contribution in [3.8, 4) is 0 Å². The van der Waals surface area contributed by atoms with Crippen molar-refractivity contribution < 1.29 is 14.4 Å². The van der Waals surface area contributed by atoms with Gasteiger partial charge < -0.3 is 20.4 Å². The standard InChI is InChI=1S/C20H22N4O3/c1-14-12-18(25)22-16-10-6-7-11-17(16)24(14)19(26)13-23(2)20(27)21-15-8-4-3-5-9-15/h3-11,14H,12-13H2,1-2H3,(H,21,27)(H,22,25)/t14-/m0/s1. The van der Waals surface area contributed by atoms with Gasteiger partial charge in [0.25, 0.3) is 0 Å². The van der Waals surface area contributed by atoms with Gasteiger partial charge in [-0.1, -0.05) is 30.3 Å². The van der Waals surface area contributed by atoms with E-state index >= 15 is 0 Å². The molecule has 0 spiro atoms. The van der Waals surface area contributed by atoms with Crippen LogP contribution in [0.15, 0.2) is 54.6 Å². The van der Waals surface area contributed by atoms with Crippen molar-refractivity contribution in [2.75, 3.05) is 29.1 Å². The SMILES string of the molecule is C[C@H]1CC(=O)Nc2ccccc2N1C(=O)CN(C)C(=O)Nc1ccccc1. The molecule has 0 aliphatic carbocycles. The first-order valence-electron chi connectivity index (χ1n) is 8.74. The van der Waals surface area contributed by atoms with Gasteiger partial charge in [-0.3, -0.25) is 9.59 Å². The lowest BCUT2D eigenvalue weighted by molar-refractivity contribution is -0.119. The van der Waals surface area contributed by atoms with Gasteiger partial charge in [0.05, 0.1) is 11.4 Å². The molecule has 140 valence electrons. The number of nitrogens with zero attached hydrogens (tertiary/aromatic N) is 2. The zero-order valence-corrected chi connectivity index (χ0v) is 15.3. The van der Waals surface area contributed by atoms with E-state index in [2.05, 4.69) is 10.6 Å². The van der Waals surface area contributed by atoms with Gasteiger partial charge in [0, 0.05) is 25.2 Å². The van der Waals surface area contributed by atoms with Crippen LogP contribution in [0.25, 0.3) is 0 Å². The Hall–Kier alpha value is -3.35. The maximum absolute atomic E-state index is 13.0. The molecule has 0 aromatic heterocycles. The minimum absolute atomic E-state index is 0.106. The van der Waals surface area contributed by atoms with Gasteiger partial charge in [0.15, 0.2) is 0 Å². The van der Waals surface area contributed by atoms with E-state index in [0.717, 1.165) is 0 Å². The van der Waals surface area contributed by atoms with Gasteiger partial charge in [-0.2, -0.15) is 0 Å². The number of hydrogen-bond donors (Lipinski definition) is 2. The third-order valence-electron chi connectivity index (χ3n) is 4.37. The molecular weight excluding hydrogens is 344 g/mol. The first-order chi connectivity index (χ1) is 13.0. The third-order valence-corrected chi connectivity index (χ3v) is 4.37. The fraction of sp³-hybridized carbons (Fsp3) is 0.250. The Bertz CT molecular complexity index is 853. The largest absolute Gasteiger partial charge is 0.324 e. The van der Waals surface area contributed by atoms with E-state index in [1.807, 2.05) is 31.2 Å². The summed E-state index contributed by atoms with van der Waals surface area (Å²) in [6.07, 6.45) is 0.195. The van der Waals surface area contributed by atoms with E-state index < -0.39 is 0 Å². The Morgan fingerprint density at radius 2 is 1.81 bits per heavy atom. The lowest BCUT2D eigenvalue weighted by Gasteiger charge is -2.29. The number of carbonyl (C=O) groups excluding carboxylic acids is 3. The first kappa shape index (κ1) is 18.4. The molecule has 1 heterocycles. The van der Waals surface area contributed by atoms with Crippen LogP contribution in [0.4, 0.5) is 21.9 Å². The number of urea groups is 1. The second kappa shape index (κ2) is 7.90. The Labute approximate surface area is 158 Å². The molecule has 1 aliphatic heterocycles. The van der Waals surface area contributed by atoms with Crippen molar-refractivity contribution in [2.24, 2.45) is 0 Å². The van der Waals surface area contributed by atoms with Crippen molar-refractivity contribution in [2.45, 2.75) is 19.4 Å². The van der Waals surface area contributed by atoms with Gasteiger partial charge in [-0.15, -0.1) is 0 Å². The molecule has 2 aromatic carbocycles. The van der Waals surface area contributed by atoms with E-state index in [1.165, 1.54) is 4.90 Å². The molecule has 27 heavy (non-hydrogen) atoms. The summed E-state index contributed by atoms with van der Waals surface area (Å²) in [6.45, 7) is 1.72. The molecule has 0 saturated heterocycles. The molecule has 0 unspecified atom stereocenters. The topological polar surface area (TPSA) is 81.8 Å². The van der Waals surface area contributed by atoms with Gasteiger partial charge >= 0.3 is 6.03 Å². The van der Waals surface area contributed by atoms with Crippen LogP contribution in [0, 0.1) is 0 Å². The van der Waals surface area contributed by atoms with Crippen molar-refractivity contribution in [3.63, 3.8) is 0 Å². The van der Waals surface area contributed by atoms with Gasteiger partial charge in [-0.05, 0) is 31.2 Å². The predicted octanol–water partition coefficient (Wildman–Crippen LogP) is 2.91. The molecule has 7 heteroatoms. The predicted molar refractivity (Wildman–Crippen MR) is 105 cm³/mol. The van der Waals surface area contributed by atoms with Crippen LogP contribution in [0.3, 0.4) is 0 Å². The lowest BCUT2D eigenvalue weighted by atomic mass is 10.1. The van der Waals surface area contributed by atoms with Gasteiger partial charge in [-0.25, -0.2) is 4.79 Å². The van der Waals surface area contributed by atoms with E-state index in [9.17, 15) is 14.4 Å². The summed E-state index contributed by atoms with van der Waals surface area (Å²) in [6, 6.07) is 15.5. The number of nitrogens with one attached hydrogen (secondary N) is 2. The average molecular weight is 366 g/mol. The molecule has 0 fully saturated rings. The minimum Gasteiger partial charge on any atom is -0.324 e. The molecule has 1 aliphatic rings.